The Balaban J connectivity index is 1.06. The first kappa shape index (κ1) is 32.4. The van der Waals surface area contributed by atoms with Crippen LogP contribution < -0.4 is 0 Å². The van der Waals surface area contributed by atoms with E-state index in [1.54, 1.807) is 4.80 Å². The summed E-state index contributed by atoms with van der Waals surface area (Å²) in [6.45, 7) is 13.5. The molecule has 250 valence electrons. The van der Waals surface area contributed by atoms with Crippen LogP contribution in [0.1, 0.15) is 52.7 Å². The molecule has 7 aromatic carbocycles. The van der Waals surface area contributed by atoms with Gasteiger partial charge in [0.15, 0.2) is 0 Å². The smallest absolute Gasteiger partial charge is 0.121 e. The van der Waals surface area contributed by atoms with Crippen LogP contribution in [0.25, 0.3) is 72.0 Å². The highest BCUT2D eigenvalue weighted by atomic mass is 15.5. The zero-order valence-corrected chi connectivity index (χ0v) is 30.3. The normalized spacial score (nSPS) is 12.1. The lowest BCUT2D eigenvalue weighted by atomic mass is 9.86. The maximum atomic E-state index is 5.00. The Kier molecular flexibility index (Phi) is 7.95. The van der Waals surface area contributed by atoms with E-state index in [0.29, 0.717) is 0 Å². The maximum Gasteiger partial charge on any atom is 0.121 e. The minimum absolute atomic E-state index is 0.140. The first-order valence-corrected chi connectivity index (χ1v) is 17.8. The van der Waals surface area contributed by atoms with Crippen molar-refractivity contribution in [2.45, 2.75) is 52.4 Å². The molecule has 8 aromatic rings. The van der Waals surface area contributed by atoms with Gasteiger partial charge in [-0.2, -0.15) is 4.80 Å². The third-order valence-corrected chi connectivity index (χ3v) is 10.1. The molecule has 0 aliphatic rings. The summed E-state index contributed by atoms with van der Waals surface area (Å²) in [6.07, 6.45) is 0. The van der Waals surface area contributed by atoms with Crippen molar-refractivity contribution in [1.82, 2.24) is 15.0 Å². The van der Waals surface area contributed by atoms with Crippen LogP contribution in [0.15, 0.2) is 152 Å². The molecular formula is C48H43N3. The molecule has 0 saturated carbocycles. The van der Waals surface area contributed by atoms with Gasteiger partial charge >= 0.3 is 0 Å². The summed E-state index contributed by atoms with van der Waals surface area (Å²) in [5.41, 5.74) is 15.2. The van der Waals surface area contributed by atoms with Crippen molar-refractivity contribution in [3.05, 3.63) is 163 Å². The molecule has 0 bridgehead atoms. The minimum Gasteiger partial charge on any atom is -0.150 e. The number of fused-ring (bicyclic) bond motifs is 3. The first-order chi connectivity index (χ1) is 24.5. The van der Waals surface area contributed by atoms with Crippen LogP contribution in [0.4, 0.5) is 0 Å². The van der Waals surface area contributed by atoms with Crippen LogP contribution >= 0.6 is 0 Å². The van der Waals surface area contributed by atoms with Gasteiger partial charge in [-0.15, -0.1) is 10.2 Å². The molecular weight excluding hydrogens is 619 g/mol. The van der Waals surface area contributed by atoms with Crippen molar-refractivity contribution >= 4 is 21.8 Å². The van der Waals surface area contributed by atoms with Gasteiger partial charge in [0.2, 0.25) is 0 Å². The quantitative estimate of drug-likeness (QED) is 0.184. The number of rotatable bonds is 5. The molecule has 0 aliphatic carbocycles. The largest absolute Gasteiger partial charge is 0.150 e. The molecule has 3 heteroatoms. The molecule has 1 heterocycles. The summed E-state index contributed by atoms with van der Waals surface area (Å²) < 4.78 is 0. The topological polar surface area (TPSA) is 30.7 Å². The number of hydrogen-bond acceptors (Lipinski definition) is 2. The summed E-state index contributed by atoms with van der Waals surface area (Å²) in [5.74, 6) is 0. The van der Waals surface area contributed by atoms with Gasteiger partial charge in [0.05, 0.1) is 5.69 Å². The maximum absolute atomic E-state index is 5.00. The van der Waals surface area contributed by atoms with Gasteiger partial charge in [0, 0.05) is 5.39 Å². The van der Waals surface area contributed by atoms with Crippen LogP contribution in [0.3, 0.4) is 0 Å². The Labute approximate surface area is 301 Å². The highest BCUT2D eigenvalue weighted by molar-refractivity contribution is 6.11. The van der Waals surface area contributed by atoms with Gasteiger partial charge in [-0.3, -0.25) is 0 Å². The van der Waals surface area contributed by atoms with E-state index in [1.165, 1.54) is 44.3 Å². The molecule has 3 nitrogen and oxygen atoms in total. The summed E-state index contributed by atoms with van der Waals surface area (Å²) in [5, 5.41) is 12.3. The highest BCUT2D eigenvalue weighted by Gasteiger charge is 2.16. The van der Waals surface area contributed by atoms with Gasteiger partial charge in [-0.1, -0.05) is 175 Å². The Morgan fingerprint density at radius 2 is 0.765 bits per heavy atom. The second kappa shape index (κ2) is 12.5. The molecule has 0 radical (unpaired) electrons. The Morgan fingerprint density at radius 3 is 1.20 bits per heavy atom. The molecule has 1 aromatic heterocycles. The number of hydrogen-bond donors (Lipinski definition) is 0. The summed E-state index contributed by atoms with van der Waals surface area (Å²) >= 11 is 0. The van der Waals surface area contributed by atoms with Crippen LogP contribution in [0.2, 0.25) is 0 Å². The molecule has 51 heavy (non-hydrogen) atoms. The molecule has 0 N–H and O–H groups in total. The predicted molar refractivity (Wildman–Crippen MR) is 216 cm³/mol. The van der Waals surface area contributed by atoms with Crippen molar-refractivity contribution in [2.24, 2.45) is 0 Å². The monoisotopic (exact) mass is 661 g/mol. The third kappa shape index (κ3) is 6.37. The van der Waals surface area contributed by atoms with Gasteiger partial charge in [0.1, 0.15) is 11.0 Å². The van der Waals surface area contributed by atoms with Gasteiger partial charge < -0.3 is 0 Å². The lowest BCUT2D eigenvalue weighted by Gasteiger charge is -2.19. The van der Waals surface area contributed by atoms with Crippen LogP contribution in [-0.2, 0) is 10.8 Å². The Hall–Kier alpha value is -5.80. The van der Waals surface area contributed by atoms with Crippen molar-refractivity contribution in [3.63, 3.8) is 0 Å². The average molecular weight is 662 g/mol. The van der Waals surface area contributed by atoms with Crippen molar-refractivity contribution in [1.29, 1.82) is 0 Å². The van der Waals surface area contributed by atoms with Crippen molar-refractivity contribution < 1.29 is 0 Å². The molecule has 0 unspecified atom stereocenters. The van der Waals surface area contributed by atoms with E-state index < -0.39 is 0 Å². The van der Waals surface area contributed by atoms with E-state index in [2.05, 4.69) is 193 Å². The fraction of sp³-hybridized carbons (Fsp3) is 0.167. The second-order valence-electron chi connectivity index (χ2n) is 15.7. The molecule has 0 spiro atoms. The van der Waals surface area contributed by atoms with Gasteiger partial charge in [-0.05, 0) is 90.0 Å². The van der Waals surface area contributed by atoms with Crippen LogP contribution in [0.5, 0.6) is 0 Å². The predicted octanol–water partition coefficient (Wildman–Crippen LogP) is 12.8. The van der Waals surface area contributed by atoms with Crippen LogP contribution in [-0.4, -0.2) is 15.0 Å². The zero-order chi connectivity index (χ0) is 35.3. The molecule has 0 atom stereocenters. The summed E-state index contributed by atoms with van der Waals surface area (Å²) in [4.78, 5) is 1.76. The zero-order valence-electron chi connectivity index (χ0n) is 30.3. The number of nitrogens with zero attached hydrogens (tertiary/aromatic N) is 3. The number of benzene rings is 7. The lowest BCUT2D eigenvalue weighted by molar-refractivity contribution is 0.590. The van der Waals surface area contributed by atoms with E-state index in [1.807, 2.05) is 0 Å². The SMILES string of the molecule is CC(C)(C)c1ccc(-c2ccc(-c3ccc(-n4nc5cc(-c6ccc(-c7ccc(C(C)(C)C)cc7)cc6)c6ccccc6c5n4)cc3)cc2)cc1. The van der Waals surface area contributed by atoms with E-state index >= 15 is 0 Å². The molecule has 0 amide bonds. The fourth-order valence-electron chi connectivity index (χ4n) is 6.91. The highest BCUT2D eigenvalue weighted by Crippen LogP contribution is 2.36. The van der Waals surface area contributed by atoms with Gasteiger partial charge in [-0.25, -0.2) is 0 Å². The standard InChI is InChI=1S/C48H43N3/c1-47(2,3)39-25-19-35(20-26-39)32-11-13-33(14-12-32)37-23-29-41(30-24-37)51-49-45-31-44(42-9-7-8-10-43(42)46(45)50-51)38-17-15-34(16-18-38)36-21-27-40(28-22-36)48(4,5)6/h7-31H,1-6H3. The van der Waals surface area contributed by atoms with E-state index in [4.69, 9.17) is 10.2 Å². The average Bonchev–Trinajstić information content (AvgIpc) is 3.59. The van der Waals surface area contributed by atoms with E-state index in [0.717, 1.165) is 38.8 Å². The summed E-state index contributed by atoms with van der Waals surface area (Å²) in [7, 11) is 0. The summed E-state index contributed by atoms with van der Waals surface area (Å²) in [6, 6.07) is 54.8. The lowest BCUT2D eigenvalue weighted by Crippen LogP contribution is -2.10. The fourth-order valence-corrected chi connectivity index (χ4v) is 6.91. The molecule has 0 saturated heterocycles. The van der Waals surface area contributed by atoms with Crippen molar-refractivity contribution in [2.75, 3.05) is 0 Å². The molecule has 0 aliphatic heterocycles. The van der Waals surface area contributed by atoms with E-state index in [-0.39, 0.29) is 10.8 Å². The Bertz CT molecular complexity index is 2470. The van der Waals surface area contributed by atoms with Crippen molar-refractivity contribution in [3.8, 4) is 50.2 Å². The molecule has 0 fully saturated rings. The first-order valence-electron chi connectivity index (χ1n) is 17.8. The number of aromatic nitrogens is 3. The third-order valence-electron chi connectivity index (χ3n) is 10.1. The molecule has 8 rings (SSSR count). The second-order valence-corrected chi connectivity index (χ2v) is 15.7. The van der Waals surface area contributed by atoms with Crippen LogP contribution in [0, 0.1) is 0 Å². The Morgan fingerprint density at radius 1 is 0.392 bits per heavy atom. The van der Waals surface area contributed by atoms with E-state index in [9.17, 15) is 0 Å². The minimum atomic E-state index is 0.140. The van der Waals surface area contributed by atoms with Gasteiger partial charge in [0.25, 0.3) is 0 Å².